The fraction of sp³-hybridized carbons (Fsp3) is 0.444. The van der Waals surface area contributed by atoms with Gasteiger partial charge in [-0.15, -0.1) is 11.3 Å². The third kappa shape index (κ3) is 3.50. The van der Waals surface area contributed by atoms with Gasteiger partial charge < -0.3 is 0 Å². The summed E-state index contributed by atoms with van der Waals surface area (Å²) >= 11 is 5.12. The summed E-state index contributed by atoms with van der Waals surface area (Å²) in [4.78, 5) is 5.38. The zero-order valence-electron chi connectivity index (χ0n) is 7.09. The van der Waals surface area contributed by atoms with Gasteiger partial charge in [-0.1, -0.05) is 27.6 Å². The molecule has 0 spiro atoms. The van der Waals surface area contributed by atoms with E-state index in [0.29, 0.717) is 0 Å². The Kier molecular flexibility index (Phi) is 4.54. The average molecular weight is 246 g/mol. The summed E-state index contributed by atoms with van der Waals surface area (Å²) in [6, 6.07) is 0. The Balaban J connectivity index is 2.41. The second-order valence-electron chi connectivity index (χ2n) is 2.67. The number of nitrogens with zero attached hydrogens (tertiary/aromatic N) is 1. The molecule has 0 fully saturated rings. The minimum absolute atomic E-state index is 1.05. The van der Waals surface area contributed by atoms with Crippen molar-refractivity contribution < 1.29 is 0 Å². The molecular weight excluding hydrogens is 234 g/mol. The van der Waals surface area contributed by atoms with Crippen molar-refractivity contribution in [2.75, 3.05) is 5.33 Å². The van der Waals surface area contributed by atoms with Gasteiger partial charge in [-0.3, -0.25) is 4.98 Å². The normalized spacial score (nSPS) is 12.0. The van der Waals surface area contributed by atoms with E-state index < -0.39 is 0 Å². The molecule has 0 atom stereocenters. The minimum atomic E-state index is 1.05. The quantitative estimate of drug-likeness (QED) is 0.586. The Bertz CT molecular complexity index is 241. The number of rotatable bonds is 4. The van der Waals surface area contributed by atoms with Gasteiger partial charge in [0.25, 0.3) is 0 Å². The van der Waals surface area contributed by atoms with Crippen molar-refractivity contribution >= 4 is 27.3 Å². The molecule has 12 heavy (non-hydrogen) atoms. The number of thiazole rings is 1. The maximum Gasteiger partial charge on any atom is 0.0794 e. The predicted molar refractivity (Wildman–Crippen MR) is 58.0 cm³/mol. The molecular formula is C9H12BrNS. The van der Waals surface area contributed by atoms with Crippen molar-refractivity contribution in [3.63, 3.8) is 0 Å². The van der Waals surface area contributed by atoms with Crippen LogP contribution in [0, 0.1) is 0 Å². The van der Waals surface area contributed by atoms with Crippen LogP contribution in [0.25, 0.3) is 0 Å². The van der Waals surface area contributed by atoms with Crippen LogP contribution in [-0.4, -0.2) is 10.3 Å². The molecule has 0 saturated carbocycles. The van der Waals surface area contributed by atoms with Gasteiger partial charge in [0.15, 0.2) is 0 Å². The molecule has 0 radical (unpaired) electrons. The van der Waals surface area contributed by atoms with Gasteiger partial charge in [-0.25, -0.2) is 0 Å². The summed E-state index contributed by atoms with van der Waals surface area (Å²) in [5, 5.41) is 1.05. The van der Waals surface area contributed by atoms with Crippen molar-refractivity contribution in [3.05, 3.63) is 28.2 Å². The second kappa shape index (κ2) is 5.49. The number of hydrogen-bond acceptors (Lipinski definition) is 2. The van der Waals surface area contributed by atoms with Gasteiger partial charge in [0.2, 0.25) is 0 Å². The Morgan fingerprint density at radius 3 is 3.17 bits per heavy atom. The highest BCUT2D eigenvalue weighted by Crippen LogP contribution is 2.12. The van der Waals surface area contributed by atoms with E-state index in [2.05, 4.69) is 33.9 Å². The lowest BCUT2D eigenvalue weighted by Crippen LogP contribution is -1.82. The fourth-order valence-corrected chi connectivity index (χ4v) is 1.90. The SMILES string of the molecule is CC(=CCCBr)Cc1cncs1. The third-order valence-electron chi connectivity index (χ3n) is 1.54. The molecule has 0 unspecified atom stereocenters. The van der Waals surface area contributed by atoms with Crippen molar-refractivity contribution in [2.24, 2.45) is 0 Å². The standard InChI is InChI=1S/C9H12BrNS/c1-8(3-2-4-10)5-9-6-11-7-12-9/h3,6-7H,2,4-5H2,1H3. The number of alkyl halides is 1. The first-order valence-electron chi connectivity index (χ1n) is 3.92. The zero-order valence-corrected chi connectivity index (χ0v) is 9.49. The van der Waals surface area contributed by atoms with E-state index in [1.165, 1.54) is 10.5 Å². The van der Waals surface area contributed by atoms with Crippen LogP contribution in [0.4, 0.5) is 0 Å². The smallest absolute Gasteiger partial charge is 0.0794 e. The summed E-state index contributed by atoms with van der Waals surface area (Å²) in [5.41, 5.74) is 3.31. The maximum atomic E-state index is 4.04. The molecule has 0 aliphatic carbocycles. The summed E-state index contributed by atoms with van der Waals surface area (Å²) in [5.74, 6) is 0. The number of hydrogen-bond donors (Lipinski definition) is 0. The molecule has 3 heteroatoms. The molecule has 66 valence electrons. The van der Waals surface area contributed by atoms with Gasteiger partial charge in [-0.2, -0.15) is 0 Å². The minimum Gasteiger partial charge on any atom is -0.253 e. The lowest BCUT2D eigenvalue weighted by Gasteiger charge is -1.96. The first kappa shape index (κ1) is 9.93. The third-order valence-corrected chi connectivity index (χ3v) is 2.78. The summed E-state index contributed by atoms with van der Waals surface area (Å²) in [7, 11) is 0. The Morgan fingerprint density at radius 1 is 1.75 bits per heavy atom. The first-order chi connectivity index (χ1) is 5.83. The molecule has 1 nitrogen and oxygen atoms in total. The highest BCUT2D eigenvalue weighted by molar-refractivity contribution is 9.09. The molecule has 1 aromatic rings. The maximum absolute atomic E-state index is 4.04. The van der Waals surface area contributed by atoms with Crippen LogP contribution >= 0.6 is 27.3 Å². The van der Waals surface area contributed by atoms with Gasteiger partial charge in [0.05, 0.1) is 5.51 Å². The molecule has 0 aromatic carbocycles. The monoisotopic (exact) mass is 245 g/mol. The number of halogens is 1. The van der Waals surface area contributed by atoms with Gasteiger partial charge in [-0.05, 0) is 13.3 Å². The highest BCUT2D eigenvalue weighted by atomic mass is 79.9. The van der Waals surface area contributed by atoms with Crippen molar-refractivity contribution in [1.82, 2.24) is 4.98 Å². The van der Waals surface area contributed by atoms with Crippen LogP contribution in [0.3, 0.4) is 0 Å². The van der Waals surface area contributed by atoms with Crippen LogP contribution in [-0.2, 0) is 6.42 Å². The van der Waals surface area contributed by atoms with E-state index in [1.807, 2.05) is 11.7 Å². The van der Waals surface area contributed by atoms with Gasteiger partial charge >= 0.3 is 0 Å². The Hall–Kier alpha value is -0.150. The molecule has 0 saturated heterocycles. The lowest BCUT2D eigenvalue weighted by atomic mass is 10.2. The Labute approximate surface area is 85.7 Å². The molecule has 1 rings (SSSR count). The van der Waals surface area contributed by atoms with Gasteiger partial charge in [0, 0.05) is 22.8 Å². The Morgan fingerprint density at radius 2 is 2.58 bits per heavy atom. The summed E-state index contributed by atoms with van der Waals surface area (Å²) < 4.78 is 0. The fourth-order valence-electron chi connectivity index (χ4n) is 0.977. The van der Waals surface area contributed by atoms with E-state index in [1.54, 1.807) is 11.3 Å². The summed E-state index contributed by atoms with van der Waals surface area (Å²) in [6.07, 6.45) is 6.38. The lowest BCUT2D eigenvalue weighted by molar-refractivity contribution is 1.11. The molecule has 0 aliphatic heterocycles. The summed E-state index contributed by atoms with van der Waals surface area (Å²) in [6.45, 7) is 2.17. The molecule has 0 amide bonds. The zero-order chi connectivity index (χ0) is 8.81. The number of allylic oxidation sites excluding steroid dienone is 2. The molecule has 1 aromatic heterocycles. The first-order valence-corrected chi connectivity index (χ1v) is 5.92. The van der Waals surface area contributed by atoms with Crippen molar-refractivity contribution in [1.29, 1.82) is 0 Å². The molecule has 0 aliphatic rings. The topological polar surface area (TPSA) is 12.9 Å². The second-order valence-corrected chi connectivity index (χ2v) is 4.44. The van der Waals surface area contributed by atoms with Crippen molar-refractivity contribution in [2.45, 2.75) is 19.8 Å². The van der Waals surface area contributed by atoms with Crippen LogP contribution < -0.4 is 0 Å². The van der Waals surface area contributed by atoms with Crippen LogP contribution in [0.1, 0.15) is 18.2 Å². The van der Waals surface area contributed by atoms with Crippen LogP contribution in [0.15, 0.2) is 23.4 Å². The highest BCUT2D eigenvalue weighted by Gasteiger charge is 1.95. The average Bonchev–Trinajstić information content (AvgIpc) is 2.53. The van der Waals surface area contributed by atoms with Gasteiger partial charge in [0.1, 0.15) is 0 Å². The van der Waals surface area contributed by atoms with E-state index >= 15 is 0 Å². The van der Waals surface area contributed by atoms with E-state index in [4.69, 9.17) is 0 Å². The molecule has 1 heterocycles. The molecule has 0 N–H and O–H groups in total. The van der Waals surface area contributed by atoms with Crippen LogP contribution in [0.2, 0.25) is 0 Å². The van der Waals surface area contributed by atoms with E-state index in [0.717, 1.165) is 18.2 Å². The largest absolute Gasteiger partial charge is 0.253 e. The predicted octanol–water partition coefficient (Wildman–Crippen LogP) is 3.42. The number of aromatic nitrogens is 1. The van der Waals surface area contributed by atoms with Crippen molar-refractivity contribution in [3.8, 4) is 0 Å². The van der Waals surface area contributed by atoms with Crippen LogP contribution in [0.5, 0.6) is 0 Å². The molecule has 0 bridgehead atoms. The van der Waals surface area contributed by atoms with E-state index in [9.17, 15) is 0 Å². The van der Waals surface area contributed by atoms with E-state index in [-0.39, 0.29) is 0 Å².